The number of anilines is 1. The normalized spacial score (nSPS) is 21.6. The first-order chi connectivity index (χ1) is 10.1. The van der Waals surface area contributed by atoms with Gasteiger partial charge in [0, 0.05) is 17.3 Å². The third-order valence-corrected chi connectivity index (χ3v) is 3.92. The number of urea groups is 1. The number of primary amides is 1. The van der Waals surface area contributed by atoms with Gasteiger partial charge in [-0.3, -0.25) is 4.79 Å². The molecule has 6 heteroatoms. The Morgan fingerprint density at radius 2 is 2.00 bits per heavy atom. The van der Waals surface area contributed by atoms with E-state index in [2.05, 4.69) is 10.6 Å². The zero-order valence-corrected chi connectivity index (χ0v) is 12.0. The molecule has 1 fully saturated rings. The summed E-state index contributed by atoms with van der Waals surface area (Å²) in [6.07, 6.45) is 4.31. The summed E-state index contributed by atoms with van der Waals surface area (Å²) >= 11 is 0. The summed E-state index contributed by atoms with van der Waals surface area (Å²) in [5.74, 6) is 0.197. The van der Waals surface area contributed by atoms with Crippen molar-refractivity contribution in [3.05, 3.63) is 29.8 Å². The zero-order chi connectivity index (χ0) is 15.2. The molecule has 6 nitrogen and oxygen atoms in total. The van der Waals surface area contributed by atoms with Gasteiger partial charge in [0.2, 0.25) is 0 Å². The topological polar surface area (TPSA) is 110 Å². The van der Waals surface area contributed by atoms with Gasteiger partial charge in [-0.25, -0.2) is 4.79 Å². The molecule has 3 amide bonds. The van der Waals surface area contributed by atoms with Crippen LogP contribution in [-0.2, 0) is 0 Å². The molecule has 0 spiro atoms. The fraction of sp³-hybridized carbons (Fsp3) is 0.467. The second-order valence-corrected chi connectivity index (χ2v) is 5.43. The Morgan fingerprint density at radius 1 is 1.24 bits per heavy atom. The summed E-state index contributed by atoms with van der Waals surface area (Å²) in [6.45, 7) is 0.591. The maximum atomic E-state index is 12.3. The molecule has 0 aliphatic heterocycles. The summed E-state index contributed by atoms with van der Waals surface area (Å²) in [7, 11) is 0. The average molecular weight is 290 g/mol. The predicted octanol–water partition coefficient (Wildman–Crippen LogP) is 1.42. The van der Waals surface area contributed by atoms with E-state index in [-0.39, 0.29) is 11.9 Å². The van der Waals surface area contributed by atoms with Crippen LogP contribution in [0.5, 0.6) is 0 Å². The molecular formula is C15H22N4O2. The third-order valence-electron chi connectivity index (χ3n) is 3.92. The Kier molecular flexibility index (Phi) is 5.16. The molecule has 0 bridgehead atoms. The van der Waals surface area contributed by atoms with E-state index >= 15 is 0 Å². The summed E-state index contributed by atoms with van der Waals surface area (Å²) in [6, 6.07) is 6.20. The number of nitrogens with one attached hydrogen (secondary N) is 2. The van der Waals surface area contributed by atoms with Gasteiger partial charge in [-0.05, 0) is 43.5 Å². The molecule has 1 aromatic rings. The van der Waals surface area contributed by atoms with E-state index in [4.69, 9.17) is 11.5 Å². The van der Waals surface area contributed by atoms with E-state index in [1.165, 1.54) is 6.42 Å². The van der Waals surface area contributed by atoms with E-state index in [1.54, 1.807) is 24.3 Å². The highest BCUT2D eigenvalue weighted by Gasteiger charge is 2.25. The minimum Gasteiger partial charge on any atom is -0.351 e. The number of carbonyl (C=O) groups is 2. The lowest BCUT2D eigenvalue weighted by atomic mass is 9.84. The van der Waals surface area contributed by atoms with E-state index < -0.39 is 6.03 Å². The lowest BCUT2D eigenvalue weighted by Crippen LogP contribution is -2.44. The minimum absolute atomic E-state index is 0.129. The van der Waals surface area contributed by atoms with Gasteiger partial charge in [0.1, 0.15) is 0 Å². The molecule has 1 saturated carbocycles. The van der Waals surface area contributed by atoms with Crippen LogP contribution >= 0.6 is 0 Å². The van der Waals surface area contributed by atoms with Crippen molar-refractivity contribution >= 4 is 17.6 Å². The van der Waals surface area contributed by atoms with E-state index in [0.29, 0.717) is 23.7 Å². The van der Waals surface area contributed by atoms with Crippen LogP contribution in [0.25, 0.3) is 0 Å². The minimum atomic E-state index is -0.650. The molecule has 21 heavy (non-hydrogen) atoms. The number of rotatable bonds is 4. The zero-order valence-electron chi connectivity index (χ0n) is 12.0. The monoisotopic (exact) mass is 290 g/mol. The van der Waals surface area contributed by atoms with Gasteiger partial charge in [-0.1, -0.05) is 18.9 Å². The second-order valence-electron chi connectivity index (χ2n) is 5.43. The van der Waals surface area contributed by atoms with Gasteiger partial charge in [0.05, 0.1) is 0 Å². The fourth-order valence-corrected chi connectivity index (χ4v) is 2.81. The fourth-order valence-electron chi connectivity index (χ4n) is 2.81. The van der Waals surface area contributed by atoms with Crippen molar-refractivity contribution in [2.75, 3.05) is 11.9 Å². The lowest BCUT2D eigenvalue weighted by molar-refractivity contribution is 0.0908. The lowest BCUT2D eigenvalue weighted by Gasteiger charge is -2.31. The molecule has 1 aliphatic rings. The van der Waals surface area contributed by atoms with Crippen molar-refractivity contribution in [2.24, 2.45) is 17.4 Å². The quantitative estimate of drug-likeness (QED) is 0.673. The van der Waals surface area contributed by atoms with Crippen LogP contribution in [-0.4, -0.2) is 24.5 Å². The highest BCUT2D eigenvalue weighted by molar-refractivity contribution is 5.96. The molecule has 114 valence electrons. The van der Waals surface area contributed by atoms with E-state index in [9.17, 15) is 9.59 Å². The molecule has 2 rings (SSSR count). The number of amides is 3. The van der Waals surface area contributed by atoms with Gasteiger partial charge in [-0.15, -0.1) is 0 Å². The summed E-state index contributed by atoms with van der Waals surface area (Å²) in [5, 5.41) is 5.52. The van der Waals surface area contributed by atoms with Crippen molar-refractivity contribution < 1.29 is 9.59 Å². The van der Waals surface area contributed by atoms with Crippen LogP contribution in [0.15, 0.2) is 24.3 Å². The Bertz CT molecular complexity index is 518. The number of nitrogens with two attached hydrogens (primary N) is 2. The van der Waals surface area contributed by atoms with Crippen LogP contribution in [0, 0.1) is 5.92 Å². The molecule has 1 aromatic carbocycles. The van der Waals surface area contributed by atoms with Crippen LogP contribution in [0.1, 0.15) is 36.0 Å². The first kappa shape index (κ1) is 15.3. The summed E-state index contributed by atoms with van der Waals surface area (Å²) < 4.78 is 0. The summed E-state index contributed by atoms with van der Waals surface area (Å²) in [5.41, 5.74) is 11.9. The third kappa shape index (κ3) is 4.19. The summed E-state index contributed by atoms with van der Waals surface area (Å²) in [4.78, 5) is 23.2. The van der Waals surface area contributed by atoms with Gasteiger partial charge in [0.15, 0.2) is 0 Å². The predicted molar refractivity (Wildman–Crippen MR) is 81.9 cm³/mol. The van der Waals surface area contributed by atoms with Gasteiger partial charge < -0.3 is 22.1 Å². The number of hydrogen-bond acceptors (Lipinski definition) is 3. The Morgan fingerprint density at radius 3 is 2.71 bits per heavy atom. The van der Waals surface area contributed by atoms with Crippen molar-refractivity contribution in [1.82, 2.24) is 5.32 Å². The van der Waals surface area contributed by atoms with E-state index in [0.717, 1.165) is 19.3 Å². The number of benzene rings is 1. The molecule has 0 aromatic heterocycles. The van der Waals surface area contributed by atoms with Crippen LogP contribution in [0.4, 0.5) is 10.5 Å². The van der Waals surface area contributed by atoms with Crippen molar-refractivity contribution in [3.63, 3.8) is 0 Å². The molecule has 6 N–H and O–H groups in total. The highest BCUT2D eigenvalue weighted by atomic mass is 16.2. The first-order valence-electron chi connectivity index (χ1n) is 7.27. The Labute approximate surface area is 124 Å². The van der Waals surface area contributed by atoms with E-state index in [1.807, 2.05) is 0 Å². The van der Waals surface area contributed by atoms with Gasteiger partial charge in [-0.2, -0.15) is 0 Å². The number of hydrogen-bond donors (Lipinski definition) is 4. The number of carbonyl (C=O) groups excluding carboxylic acids is 2. The molecule has 2 unspecified atom stereocenters. The Hall–Kier alpha value is -2.08. The SMILES string of the molecule is NCC1CCCCC1NC(=O)c1cccc(NC(N)=O)c1. The standard InChI is InChI=1S/C15H22N4O2/c16-9-11-4-1-2-7-13(11)19-14(20)10-5-3-6-12(8-10)18-15(17)21/h3,5-6,8,11,13H,1-2,4,7,9,16H2,(H,19,20)(H3,17,18,21). The maximum Gasteiger partial charge on any atom is 0.316 e. The Balaban J connectivity index is 2.03. The van der Waals surface area contributed by atoms with Crippen LogP contribution in [0.3, 0.4) is 0 Å². The average Bonchev–Trinajstić information content (AvgIpc) is 2.47. The molecule has 2 atom stereocenters. The van der Waals surface area contributed by atoms with Crippen molar-refractivity contribution in [3.8, 4) is 0 Å². The molecule has 0 saturated heterocycles. The molecular weight excluding hydrogens is 268 g/mol. The molecule has 1 aliphatic carbocycles. The van der Waals surface area contributed by atoms with Gasteiger partial charge in [0.25, 0.3) is 5.91 Å². The largest absolute Gasteiger partial charge is 0.351 e. The smallest absolute Gasteiger partial charge is 0.316 e. The highest BCUT2D eigenvalue weighted by Crippen LogP contribution is 2.24. The van der Waals surface area contributed by atoms with Crippen molar-refractivity contribution in [1.29, 1.82) is 0 Å². The van der Waals surface area contributed by atoms with Crippen molar-refractivity contribution in [2.45, 2.75) is 31.7 Å². The second kappa shape index (κ2) is 7.08. The van der Waals surface area contributed by atoms with Crippen LogP contribution in [0.2, 0.25) is 0 Å². The maximum absolute atomic E-state index is 12.3. The first-order valence-corrected chi connectivity index (χ1v) is 7.27. The molecule has 0 radical (unpaired) electrons. The molecule has 0 heterocycles. The van der Waals surface area contributed by atoms with Gasteiger partial charge >= 0.3 is 6.03 Å². The van der Waals surface area contributed by atoms with Crippen LogP contribution < -0.4 is 22.1 Å².